The Bertz CT molecular complexity index is 359. The van der Waals surface area contributed by atoms with Gasteiger partial charge in [-0.1, -0.05) is 12.2 Å². The molecule has 114 valence electrons. The first-order chi connectivity index (χ1) is 9.38. The van der Waals surface area contributed by atoms with Crippen molar-refractivity contribution < 1.29 is 14.3 Å². The molecule has 2 N–H and O–H groups in total. The van der Waals surface area contributed by atoms with Crippen molar-refractivity contribution in [2.45, 2.75) is 52.1 Å². The summed E-state index contributed by atoms with van der Waals surface area (Å²) in [4.78, 5) is 23.2. The number of ether oxygens (including phenoxy) is 1. The monoisotopic (exact) mass is 282 g/mol. The lowest BCUT2D eigenvalue weighted by Crippen LogP contribution is -2.36. The number of nitrogens with one attached hydrogen (secondary N) is 2. The highest BCUT2D eigenvalue weighted by Crippen LogP contribution is 2.17. The number of carbonyl (C=O) groups is 2. The Balaban J connectivity index is 2.05. The van der Waals surface area contributed by atoms with Crippen LogP contribution in [-0.4, -0.2) is 30.7 Å². The van der Waals surface area contributed by atoms with Crippen LogP contribution in [0.2, 0.25) is 0 Å². The molecule has 0 radical (unpaired) electrons. The molecule has 0 bridgehead atoms. The molecule has 0 unspecified atom stereocenters. The van der Waals surface area contributed by atoms with Crippen LogP contribution < -0.4 is 10.6 Å². The molecular weight excluding hydrogens is 256 g/mol. The minimum atomic E-state index is -0.479. The quantitative estimate of drug-likeness (QED) is 0.601. The fraction of sp³-hybridized carbons (Fsp3) is 0.733. The first-order valence-electron chi connectivity index (χ1n) is 7.28. The van der Waals surface area contributed by atoms with Crippen molar-refractivity contribution in [1.29, 1.82) is 0 Å². The van der Waals surface area contributed by atoms with Gasteiger partial charge in [0.1, 0.15) is 5.60 Å². The van der Waals surface area contributed by atoms with Crippen molar-refractivity contribution in [3.8, 4) is 0 Å². The van der Waals surface area contributed by atoms with E-state index in [2.05, 4.69) is 22.8 Å². The third kappa shape index (κ3) is 7.16. The van der Waals surface area contributed by atoms with Gasteiger partial charge in [0, 0.05) is 19.0 Å². The van der Waals surface area contributed by atoms with Gasteiger partial charge in [-0.15, -0.1) is 0 Å². The van der Waals surface area contributed by atoms with Gasteiger partial charge in [-0.3, -0.25) is 4.79 Å². The van der Waals surface area contributed by atoms with Gasteiger partial charge < -0.3 is 15.4 Å². The molecule has 1 rings (SSSR count). The maximum Gasteiger partial charge on any atom is 0.407 e. The van der Waals surface area contributed by atoms with Gasteiger partial charge in [0.2, 0.25) is 5.91 Å². The summed E-state index contributed by atoms with van der Waals surface area (Å²) >= 11 is 0. The summed E-state index contributed by atoms with van der Waals surface area (Å²) in [6.07, 6.45) is 7.22. The second kappa shape index (κ2) is 7.92. The summed E-state index contributed by atoms with van der Waals surface area (Å²) in [5, 5.41) is 5.58. The van der Waals surface area contributed by atoms with Crippen LogP contribution in [0.25, 0.3) is 0 Å². The summed E-state index contributed by atoms with van der Waals surface area (Å²) in [6.45, 7) is 6.55. The molecule has 0 aliphatic heterocycles. The van der Waals surface area contributed by atoms with Crippen LogP contribution in [0.4, 0.5) is 4.79 Å². The summed E-state index contributed by atoms with van der Waals surface area (Å²) in [7, 11) is 0. The summed E-state index contributed by atoms with van der Waals surface area (Å²) in [5.41, 5.74) is -0.479. The topological polar surface area (TPSA) is 67.4 Å². The lowest BCUT2D eigenvalue weighted by atomic mass is 9.94. The molecule has 20 heavy (non-hydrogen) atoms. The maximum absolute atomic E-state index is 11.8. The Kier molecular flexibility index (Phi) is 6.55. The molecule has 5 nitrogen and oxygen atoms in total. The standard InChI is InChI=1S/C15H26N2O3/c1-15(2,3)20-14(19)17-11-7-10-16-13(18)12-8-5-4-6-9-12/h4-5,12H,6-11H2,1-3H3,(H,16,18)(H,17,19)/t12-/m0/s1. The molecule has 1 atom stereocenters. The van der Waals surface area contributed by atoms with Gasteiger partial charge in [-0.25, -0.2) is 4.79 Å². The van der Waals surface area contributed by atoms with Gasteiger partial charge in [0.15, 0.2) is 0 Å². The van der Waals surface area contributed by atoms with Crippen molar-refractivity contribution >= 4 is 12.0 Å². The lowest BCUT2D eigenvalue weighted by Gasteiger charge is -2.20. The normalized spacial score (nSPS) is 18.4. The molecule has 0 aromatic heterocycles. The number of rotatable bonds is 5. The molecule has 0 fully saturated rings. The van der Waals surface area contributed by atoms with Crippen molar-refractivity contribution in [1.82, 2.24) is 10.6 Å². The Morgan fingerprint density at radius 1 is 1.20 bits per heavy atom. The van der Waals surface area contributed by atoms with Crippen molar-refractivity contribution in [2.75, 3.05) is 13.1 Å². The second-order valence-corrected chi connectivity index (χ2v) is 6.05. The van der Waals surface area contributed by atoms with Gasteiger partial charge in [0.25, 0.3) is 0 Å². The number of allylic oxidation sites excluding steroid dienone is 2. The smallest absolute Gasteiger partial charge is 0.407 e. The average molecular weight is 282 g/mol. The molecule has 0 aromatic rings. The Morgan fingerprint density at radius 2 is 1.90 bits per heavy atom. The minimum Gasteiger partial charge on any atom is -0.444 e. The fourth-order valence-electron chi connectivity index (χ4n) is 1.98. The van der Waals surface area contributed by atoms with Crippen LogP contribution in [0.15, 0.2) is 12.2 Å². The molecule has 1 aliphatic carbocycles. The first-order valence-corrected chi connectivity index (χ1v) is 7.28. The number of hydrogen-bond donors (Lipinski definition) is 2. The lowest BCUT2D eigenvalue weighted by molar-refractivity contribution is -0.125. The van der Waals surface area contributed by atoms with E-state index < -0.39 is 11.7 Å². The highest BCUT2D eigenvalue weighted by atomic mass is 16.6. The number of alkyl carbamates (subject to hydrolysis) is 1. The van der Waals surface area contributed by atoms with Crippen LogP contribution >= 0.6 is 0 Å². The number of carbonyl (C=O) groups excluding carboxylic acids is 2. The van der Waals surface area contributed by atoms with E-state index in [-0.39, 0.29) is 11.8 Å². The zero-order chi connectivity index (χ0) is 15.0. The Labute approximate surface area is 121 Å². The zero-order valence-corrected chi connectivity index (χ0v) is 12.7. The van der Waals surface area contributed by atoms with E-state index in [1.54, 1.807) is 0 Å². The zero-order valence-electron chi connectivity index (χ0n) is 12.7. The highest BCUT2D eigenvalue weighted by Gasteiger charge is 2.18. The minimum absolute atomic E-state index is 0.110. The molecule has 0 saturated carbocycles. The molecule has 1 aliphatic rings. The van der Waals surface area contributed by atoms with Gasteiger partial charge in [0.05, 0.1) is 0 Å². The van der Waals surface area contributed by atoms with E-state index >= 15 is 0 Å². The van der Waals surface area contributed by atoms with Gasteiger partial charge in [-0.05, 0) is 46.5 Å². The van der Waals surface area contributed by atoms with Crippen LogP contribution in [-0.2, 0) is 9.53 Å². The first kappa shape index (κ1) is 16.5. The van der Waals surface area contributed by atoms with E-state index in [0.29, 0.717) is 19.5 Å². The van der Waals surface area contributed by atoms with Crippen molar-refractivity contribution in [3.63, 3.8) is 0 Å². The molecule has 5 heteroatoms. The maximum atomic E-state index is 11.8. The molecule has 0 spiro atoms. The summed E-state index contributed by atoms with van der Waals surface area (Å²) < 4.78 is 5.12. The van der Waals surface area contributed by atoms with Gasteiger partial charge in [-0.2, -0.15) is 0 Å². The predicted molar refractivity (Wildman–Crippen MR) is 78.3 cm³/mol. The van der Waals surface area contributed by atoms with E-state index in [0.717, 1.165) is 19.3 Å². The summed E-state index contributed by atoms with van der Waals surface area (Å²) in [6, 6.07) is 0. The molecule has 0 aromatic carbocycles. The van der Waals surface area contributed by atoms with E-state index in [1.807, 2.05) is 20.8 Å². The Hall–Kier alpha value is -1.52. The fourth-order valence-corrected chi connectivity index (χ4v) is 1.98. The van der Waals surface area contributed by atoms with Gasteiger partial charge >= 0.3 is 6.09 Å². The largest absolute Gasteiger partial charge is 0.444 e. The van der Waals surface area contributed by atoms with Crippen LogP contribution in [0.3, 0.4) is 0 Å². The second-order valence-electron chi connectivity index (χ2n) is 6.05. The van der Waals surface area contributed by atoms with Crippen molar-refractivity contribution in [3.05, 3.63) is 12.2 Å². The Morgan fingerprint density at radius 3 is 2.50 bits per heavy atom. The average Bonchev–Trinajstić information content (AvgIpc) is 2.37. The number of hydrogen-bond acceptors (Lipinski definition) is 3. The van der Waals surface area contributed by atoms with E-state index in [1.165, 1.54) is 0 Å². The number of amides is 2. The summed E-state index contributed by atoms with van der Waals surface area (Å²) in [5.74, 6) is 0.227. The SMILES string of the molecule is CC(C)(C)OC(=O)NCCCNC(=O)[C@H]1CC=CCC1. The highest BCUT2D eigenvalue weighted by molar-refractivity contribution is 5.78. The van der Waals surface area contributed by atoms with E-state index in [4.69, 9.17) is 4.74 Å². The molecule has 0 saturated heterocycles. The van der Waals surface area contributed by atoms with E-state index in [9.17, 15) is 9.59 Å². The van der Waals surface area contributed by atoms with Crippen LogP contribution in [0.5, 0.6) is 0 Å². The molecule has 0 heterocycles. The predicted octanol–water partition coefficient (Wildman–Crippen LogP) is 2.37. The third-order valence-corrected chi connectivity index (χ3v) is 2.96. The third-order valence-electron chi connectivity index (χ3n) is 2.96. The molecular formula is C15H26N2O3. The molecule has 2 amide bonds. The van der Waals surface area contributed by atoms with Crippen LogP contribution in [0.1, 0.15) is 46.5 Å². The van der Waals surface area contributed by atoms with Crippen LogP contribution in [0, 0.1) is 5.92 Å². The van der Waals surface area contributed by atoms with Crippen molar-refractivity contribution in [2.24, 2.45) is 5.92 Å².